The molecule has 3 nitrogen and oxygen atoms in total. The van der Waals surface area contributed by atoms with Crippen LogP contribution in [0, 0.1) is 0 Å². The lowest BCUT2D eigenvalue weighted by atomic mass is 10.1. The molecule has 0 saturated heterocycles. The van der Waals surface area contributed by atoms with Crippen molar-refractivity contribution in [3.8, 4) is 0 Å². The van der Waals surface area contributed by atoms with Gasteiger partial charge in [-0.3, -0.25) is 0 Å². The van der Waals surface area contributed by atoms with Crippen LogP contribution in [-0.2, 0) is 13.0 Å². The van der Waals surface area contributed by atoms with E-state index in [4.69, 9.17) is 5.73 Å². The zero-order valence-electron chi connectivity index (χ0n) is 9.49. The Morgan fingerprint density at radius 1 is 1.53 bits per heavy atom. The van der Waals surface area contributed by atoms with Crippen LogP contribution >= 0.6 is 11.3 Å². The molecule has 1 saturated carbocycles. The molecule has 1 aromatic rings. The number of nitrogens with two attached hydrogens (primary N) is 1. The molecule has 0 unspecified atom stereocenters. The molecule has 1 fully saturated rings. The van der Waals surface area contributed by atoms with Crippen molar-refractivity contribution < 1.29 is 0 Å². The molecule has 0 aromatic carbocycles. The van der Waals surface area contributed by atoms with Gasteiger partial charge in [0.1, 0.15) is 0 Å². The van der Waals surface area contributed by atoms with Gasteiger partial charge in [0.15, 0.2) is 0 Å². The zero-order chi connectivity index (χ0) is 10.9. The molecule has 1 aliphatic rings. The van der Waals surface area contributed by atoms with Crippen molar-refractivity contribution in [2.75, 3.05) is 14.1 Å². The molecule has 2 rings (SSSR count). The van der Waals surface area contributed by atoms with E-state index in [0.29, 0.717) is 0 Å². The molecule has 0 spiro atoms. The van der Waals surface area contributed by atoms with Gasteiger partial charge in [-0.25, -0.2) is 4.98 Å². The number of nitrogens with zero attached hydrogens (tertiary/aromatic N) is 2. The lowest BCUT2D eigenvalue weighted by Crippen LogP contribution is -2.21. The lowest BCUT2D eigenvalue weighted by molar-refractivity contribution is 0.406. The first-order chi connectivity index (χ1) is 7.07. The predicted molar refractivity (Wildman–Crippen MR) is 64.0 cm³/mol. The highest BCUT2D eigenvalue weighted by atomic mass is 32.1. The third-order valence-corrected chi connectivity index (χ3v) is 3.84. The molecule has 0 aliphatic heterocycles. The quantitative estimate of drug-likeness (QED) is 0.828. The summed E-state index contributed by atoms with van der Waals surface area (Å²) in [6.07, 6.45) is 6.54. The number of thiazole rings is 1. The Kier molecular flexibility index (Phi) is 3.09. The minimum atomic E-state index is 0.160. The van der Waals surface area contributed by atoms with E-state index >= 15 is 0 Å². The van der Waals surface area contributed by atoms with E-state index in [0.717, 1.165) is 19.4 Å². The normalized spacial score (nSPS) is 18.4. The molecule has 84 valence electrons. The van der Waals surface area contributed by atoms with Crippen LogP contribution in [0.4, 0.5) is 0 Å². The number of rotatable bonds is 5. The Morgan fingerprint density at radius 2 is 2.27 bits per heavy atom. The van der Waals surface area contributed by atoms with Gasteiger partial charge in [-0.15, -0.1) is 11.3 Å². The van der Waals surface area contributed by atoms with Gasteiger partial charge >= 0.3 is 0 Å². The smallest absolute Gasteiger partial charge is 0.0928 e. The van der Waals surface area contributed by atoms with Gasteiger partial charge in [-0.2, -0.15) is 0 Å². The maximum atomic E-state index is 6.05. The van der Waals surface area contributed by atoms with E-state index in [1.807, 2.05) is 17.5 Å². The Morgan fingerprint density at radius 3 is 2.87 bits per heavy atom. The molecule has 1 heterocycles. The predicted octanol–water partition coefficient (Wildman–Crippen LogP) is 1.63. The fourth-order valence-corrected chi connectivity index (χ4v) is 2.66. The summed E-state index contributed by atoms with van der Waals surface area (Å²) in [7, 11) is 4.16. The van der Waals surface area contributed by atoms with Gasteiger partial charge in [0.25, 0.3) is 0 Å². The molecule has 0 bridgehead atoms. The van der Waals surface area contributed by atoms with E-state index < -0.39 is 0 Å². The summed E-state index contributed by atoms with van der Waals surface area (Å²) in [6, 6.07) is 0. The van der Waals surface area contributed by atoms with Crippen molar-refractivity contribution in [3.05, 3.63) is 16.1 Å². The van der Waals surface area contributed by atoms with Gasteiger partial charge in [-0.05, 0) is 33.4 Å². The van der Waals surface area contributed by atoms with Gasteiger partial charge in [0.05, 0.1) is 5.01 Å². The van der Waals surface area contributed by atoms with Crippen molar-refractivity contribution in [1.82, 2.24) is 9.88 Å². The van der Waals surface area contributed by atoms with Crippen molar-refractivity contribution in [2.24, 2.45) is 5.73 Å². The van der Waals surface area contributed by atoms with Crippen LogP contribution in [0.15, 0.2) is 6.20 Å². The molecular formula is C11H19N3S. The highest BCUT2D eigenvalue weighted by Crippen LogP contribution is 2.36. The van der Waals surface area contributed by atoms with Crippen molar-refractivity contribution in [1.29, 1.82) is 0 Å². The van der Waals surface area contributed by atoms with Crippen molar-refractivity contribution in [3.63, 3.8) is 0 Å². The summed E-state index contributed by atoms with van der Waals surface area (Å²) in [4.78, 5) is 7.95. The molecule has 0 radical (unpaired) electrons. The Labute approximate surface area is 95.3 Å². The first kappa shape index (κ1) is 11.0. The standard InChI is InChI=1S/C11H19N3S/c1-14(2)8-9-7-13-10(15-9)3-4-11(12)5-6-11/h7H,3-6,8,12H2,1-2H3. The number of aromatic nitrogens is 1. The Balaban J connectivity index is 1.84. The molecule has 2 N–H and O–H groups in total. The summed E-state index contributed by atoms with van der Waals surface area (Å²) < 4.78 is 0. The van der Waals surface area contributed by atoms with Crippen LogP contribution in [-0.4, -0.2) is 29.5 Å². The topological polar surface area (TPSA) is 42.2 Å². The van der Waals surface area contributed by atoms with Gasteiger partial charge in [0.2, 0.25) is 0 Å². The lowest BCUT2D eigenvalue weighted by Gasteiger charge is -2.06. The van der Waals surface area contributed by atoms with Crippen LogP contribution in [0.25, 0.3) is 0 Å². The van der Waals surface area contributed by atoms with Gasteiger partial charge in [0, 0.05) is 29.6 Å². The summed E-state index contributed by atoms with van der Waals surface area (Å²) in [5.74, 6) is 0. The Hall–Kier alpha value is -0.450. The summed E-state index contributed by atoms with van der Waals surface area (Å²) in [5.41, 5.74) is 6.21. The second-order valence-corrected chi connectivity index (χ2v) is 6.02. The highest BCUT2D eigenvalue weighted by Gasteiger charge is 2.37. The van der Waals surface area contributed by atoms with Gasteiger partial charge in [-0.1, -0.05) is 0 Å². The number of hydrogen-bond acceptors (Lipinski definition) is 4. The van der Waals surface area contributed by atoms with E-state index in [9.17, 15) is 0 Å². The van der Waals surface area contributed by atoms with Crippen LogP contribution < -0.4 is 5.73 Å². The molecule has 15 heavy (non-hydrogen) atoms. The van der Waals surface area contributed by atoms with E-state index in [2.05, 4.69) is 24.0 Å². The maximum Gasteiger partial charge on any atom is 0.0928 e. The second kappa shape index (κ2) is 4.20. The zero-order valence-corrected chi connectivity index (χ0v) is 10.3. The van der Waals surface area contributed by atoms with Crippen molar-refractivity contribution >= 4 is 11.3 Å². The fraction of sp³-hybridized carbons (Fsp3) is 0.727. The SMILES string of the molecule is CN(C)Cc1cnc(CCC2(N)CC2)s1. The number of hydrogen-bond donors (Lipinski definition) is 1. The molecular weight excluding hydrogens is 206 g/mol. The Bertz CT molecular complexity index is 328. The fourth-order valence-electron chi connectivity index (χ4n) is 1.61. The molecule has 0 amide bonds. The third-order valence-electron chi connectivity index (χ3n) is 2.80. The maximum absolute atomic E-state index is 6.05. The largest absolute Gasteiger partial charge is 0.325 e. The van der Waals surface area contributed by atoms with Gasteiger partial charge < -0.3 is 10.6 Å². The summed E-state index contributed by atoms with van der Waals surface area (Å²) in [5, 5.41) is 1.24. The number of aryl methyl sites for hydroxylation is 1. The summed E-state index contributed by atoms with van der Waals surface area (Å²) >= 11 is 1.82. The molecule has 1 aromatic heterocycles. The van der Waals surface area contributed by atoms with Crippen LogP contribution in [0.3, 0.4) is 0 Å². The van der Waals surface area contributed by atoms with E-state index in [1.165, 1.54) is 22.7 Å². The minimum absolute atomic E-state index is 0.160. The average molecular weight is 225 g/mol. The second-order valence-electron chi connectivity index (χ2n) is 4.82. The van der Waals surface area contributed by atoms with E-state index in [-0.39, 0.29) is 5.54 Å². The van der Waals surface area contributed by atoms with Crippen LogP contribution in [0.5, 0.6) is 0 Å². The summed E-state index contributed by atoms with van der Waals surface area (Å²) in [6.45, 7) is 0.992. The van der Waals surface area contributed by atoms with Crippen molar-refractivity contribution in [2.45, 2.75) is 37.8 Å². The third kappa shape index (κ3) is 3.26. The minimum Gasteiger partial charge on any atom is -0.325 e. The molecule has 1 aliphatic carbocycles. The van der Waals surface area contributed by atoms with E-state index in [1.54, 1.807) is 0 Å². The highest BCUT2D eigenvalue weighted by molar-refractivity contribution is 7.11. The first-order valence-corrected chi connectivity index (χ1v) is 6.26. The average Bonchev–Trinajstić information content (AvgIpc) is 2.73. The molecule has 4 heteroatoms. The molecule has 0 atom stereocenters. The first-order valence-electron chi connectivity index (χ1n) is 5.45. The van der Waals surface area contributed by atoms with Crippen LogP contribution in [0.2, 0.25) is 0 Å². The van der Waals surface area contributed by atoms with Crippen LogP contribution in [0.1, 0.15) is 29.1 Å². The monoisotopic (exact) mass is 225 g/mol.